The van der Waals surface area contributed by atoms with Crippen LogP contribution in [0.2, 0.25) is 0 Å². The zero-order chi connectivity index (χ0) is 52.7. The predicted molar refractivity (Wildman–Crippen MR) is 259 cm³/mol. The highest BCUT2D eigenvalue weighted by Crippen LogP contribution is 2.41. The Morgan fingerprint density at radius 3 is 2.39 bits per heavy atom. The van der Waals surface area contributed by atoms with Crippen molar-refractivity contribution in [2.24, 2.45) is 0 Å². The summed E-state index contributed by atoms with van der Waals surface area (Å²) in [6.07, 6.45) is 5.28. The molecule has 1 aromatic carbocycles. The Labute approximate surface area is 415 Å². The topological polar surface area (TPSA) is 265 Å². The molecule has 3 aliphatic rings. The van der Waals surface area contributed by atoms with Crippen LogP contribution in [0.1, 0.15) is 109 Å². The molecular formula is C51H64FN7O13. The van der Waals surface area contributed by atoms with E-state index < -0.39 is 70.7 Å². The minimum absolute atomic E-state index is 0.00397. The van der Waals surface area contributed by atoms with Gasteiger partial charge in [-0.3, -0.25) is 38.5 Å². The number of esters is 1. The molecule has 20 nitrogen and oxygen atoms in total. The second kappa shape index (κ2) is 22.7. The third-order valence-electron chi connectivity index (χ3n) is 12.6. The van der Waals surface area contributed by atoms with Crippen LogP contribution in [0.4, 0.5) is 4.39 Å². The largest absolute Gasteiger partial charge is 0.494 e. The van der Waals surface area contributed by atoms with Crippen LogP contribution in [0.15, 0.2) is 47.3 Å². The number of amides is 6. The molecule has 0 unspecified atom stereocenters. The van der Waals surface area contributed by atoms with Crippen molar-refractivity contribution >= 4 is 52.3 Å². The number of halogens is 1. The van der Waals surface area contributed by atoms with Gasteiger partial charge in [-0.1, -0.05) is 6.08 Å². The van der Waals surface area contributed by atoms with Gasteiger partial charge in [-0.2, -0.15) is 0 Å². The van der Waals surface area contributed by atoms with Crippen molar-refractivity contribution in [3.8, 4) is 17.1 Å². The Hall–Kier alpha value is -6.84. The number of nitrogens with zero attached hydrogens (tertiary/aromatic N) is 4. The summed E-state index contributed by atoms with van der Waals surface area (Å²) in [5.41, 5.74) is -2.09. The monoisotopic (exact) mass is 1000 g/mol. The number of carbonyl (C=O) groups excluding carboxylic acids is 7. The number of pyridine rings is 2. The number of methoxy groups -OCH3 is 1. The summed E-state index contributed by atoms with van der Waals surface area (Å²) >= 11 is 0. The first-order valence-corrected chi connectivity index (χ1v) is 23.9. The molecule has 6 amide bonds. The van der Waals surface area contributed by atoms with E-state index in [-0.39, 0.29) is 123 Å². The van der Waals surface area contributed by atoms with Gasteiger partial charge in [-0.25, -0.2) is 14.2 Å². The van der Waals surface area contributed by atoms with Crippen molar-refractivity contribution in [3.63, 3.8) is 0 Å². The van der Waals surface area contributed by atoms with Crippen molar-refractivity contribution in [1.82, 2.24) is 35.3 Å². The van der Waals surface area contributed by atoms with Crippen LogP contribution in [0.25, 0.3) is 22.3 Å². The first-order valence-electron chi connectivity index (χ1n) is 23.9. The number of allylic oxidation sites excluding steroid dienone is 1. The van der Waals surface area contributed by atoms with E-state index in [1.165, 1.54) is 40.9 Å². The normalized spacial score (nSPS) is 16.6. The van der Waals surface area contributed by atoms with Crippen LogP contribution in [-0.2, 0) is 68.3 Å². The van der Waals surface area contributed by atoms with Crippen LogP contribution in [0.3, 0.4) is 0 Å². The maximum Gasteiger partial charge on any atom is 0.347 e. The number of aliphatic hydroxyl groups is 2. The second-order valence-electron chi connectivity index (χ2n) is 19.6. The molecule has 0 fully saturated rings. The molecule has 0 saturated heterocycles. The fourth-order valence-electron chi connectivity index (χ4n) is 8.84. The SMILES string of the molecule is C/C=C/[C@@]1(O)C(=O)OCc2c1cc1n(c2=O)Cc2c-1nc1cc(F)c(OC)cc1c2CN(CCO)C(=O)CCCNC(=O)[C@H](CCC(=O)NC(C)(C)CCOC(C)(C)C)NC(=O)CCCN1C(=O)C=CC1=O. The lowest BCUT2D eigenvalue weighted by atomic mass is 9.87. The lowest BCUT2D eigenvalue weighted by Crippen LogP contribution is -2.49. The number of ether oxygens (including phenoxy) is 3. The Bertz CT molecular complexity index is 2740. The molecule has 3 aliphatic heterocycles. The predicted octanol–water partition coefficient (Wildman–Crippen LogP) is 2.68. The lowest BCUT2D eigenvalue weighted by Gasteiger charge is -2.30. The summed E-state index contributed by atoms with van der Waals surface area (Å²) in [7, 11) is 1.30. The molecule has 0 saturated carbocycles. The average Bonchev–Trinajstić information content (AvgIpc) is 3.84. The molecule has 0 radical (unpaired) electrons. The van der Waals surface area contributed by atoms with Crippen molar-refractivity contribution in [1.29, 1.82) is 0 Å². The van der Waals surface area contributed by atoms with Gasteiger partial charge in [0.2, 0.25) is 29.2 Å². The smallest absolute Gasteiger partial charge is 0.347 e. The Balaban J connectivity index is 1.16. The molecule has 388 valence electrons. The minimum Gasteiger partial charge on any atom is -0.494 e. The number of benzene rings is 1. The van der Waals surface area contributed by atoms with Gasteiger partial charge in [0, 0.05) is 92.3 Å². The van der Waals surface area contributed by atoms with Crippen LogP contribution in [-0.4, -0.2) is 128 Å². The number of cyclic esters (lactones) is 1. The highest BCUT2D eigenvalue weighted by Gasteiger charge is 2.45. The molecule has 72 heavy (non-hydrogen) atoms. The fraction of sp³-hybridized carbons (Fsp3) is 0.510. The highest BCUT2D eigenvalue weighted by molar-refractivity contribution is 6.12. The number of imide groups is 1. The number of nitrogens with one attached hydrogen (secondary N) is 3. The first-order chi connectivity index (χ1) is 34.0. The van der Waals surface area contributed by atoms with Gasteiger partial charge in [-0.15, -0.1) is 0 Å². The van der Waals surface area contributed by atoms with Gasteiger partial charge in [0.25, 0.3) is 17.4 Å². The number of aromatic nitrogens is 2. The molecule has 0 aliphatic carbocycles. The van der Waals surface area contributed by atoms with E-state index in [1.54, 1.807) is 6.92 Å². The lowest BCUT2D eigenvalue weighted by molar-refractivity contribution is -0.166. The summed E-state index contributed by atoms with van der Waals surface area (Å²) in [4.78, 5) is 112. The molecule has 21 heteroatoms. The molecule has 0 bridgehead atoms. The van der Waals surface area contributed by atoms with Gasteiger partial charge in [-0.05, 0) is 91.0 Å². The number of rotatable bonds is 23. The Kier molecular flexibility index (Phi) is 17.2. The summed E-state index contributed by atoms with van der Waals surface area (Å²) in [5, 5.41) is 30.5. The van der Waals surface area contributed by atoms with Crippen molar-refractivity contribution < 1.29 is 62.4 Å². The Morgan fingerprint density at radius 1 is 1.00 bits per heavy atom. The molecule has 6 rings (SSSR count). The van der Waals surface area contributed by atoms with E-state index >= 15 is 4.39 Å². The van der Waals surface area contributed by atoms with Crippen molar-refractivity contribution in [2.75, 3.05) is 40.0 Å². The third kappa shape index (κ3) is 12.6. The molecule has 2 atom stereocenters. The molecule has 2 aromatic heterocycles. The Morgan fingerprint density at radius 2 is 1.72 bits per heavy atom. The first kappa shape index (κ1) is 54.5. The van der Waals surface area contributed by atoms with Crippen molar-refractivity contribution in [2.45, 2.75) is 129 Å². The maximum atomic E-state index is 15.3. The minimum atomic E-state index is -2.26. The number of fused-ring (bicyclic) bond motifs is 5. The quantitative estimate of drug-likeness (QED) is 0.0310. The van der Waals surface area contributed by atoms with Crippen LogP contribution >= 0.6 is 0 Å². The van der Waals surface area contributed by atoms with Gasteiger partial charge in [0.1, 0.15) is 12.6 Å². The van der Waals surface area contributed by atoms with Crippen LogP contribution in [0, 0.1) is 5.82 Å². The van der Waals surface area contributed by atoms with E-state index in [9.17, 15) is 48.6 Å². The van der Waals surface area contributed by atoms with Gasteiger partial charge >= 0.3 is 5.97 Å². The van der Waals surface area contributed by atoms with Gasteiger partial charge in [0.05, 0.1) is 48.3 Å². The standard InChI is InChI=1S/C51H64FN7O13/c1-8-17-51(69)34-25-38-45-32(28-59(38)47(67)33(34)29-71-48(51)68)31(30-24-39(70-7)35(52)26-37(30)55-45)27-57(21-22-60)42(63)12-9-19-53-46(66)36(54-40(61)11-10-20-58-43(64)15-16-44(58)65)13-14-41(62)56-50(5,6)18-23-72-49(2,3)4/h8,15-17,24-26,36,60,69H,9-14,18-23,27-29H2,1-7H3,(H,53,66)(H,54,61)(H,56,62)/b17-8+/t36-,51-/m0/s1. The van der Waals surface area contributed by atoms with E-state index in [1.807, 2.05) is 34.6 Å². The number of aliphatic hydroxyl groups excluding tert-OH is 1. The number of carbonyl (C=O) groups is 7. The van der Waals surface area contributed by atoms with Crippen LogP contribution < -0.4 is 26.2 Å². The van der Waals surface area contributed by atoms with E-state index in [0.29, 0.717) is 29.5 Å². The zero-order valence-corrected chi connectivity index (χ0v) is 41.8. The van der Waals surface area contributed by atoms with Crippen LogP contribution in [0.5, 0.6) is 5.75 Å². The second-order valence-corrected chi connectivity index (χ2v) is 19.6. The summed E-state index contributed by atoms with van der Waals surface area (Å²) in [6.45, 7) is 10.3. The fourth-order valence-corrected chi connectivity index (χ4v) is 8.84. The molecule has 5 heterocycles. The van der Waals surface area contributed by atoms with E-state index in [0.717, 1.165) is 23.1 Å². The number of hydrogen-bond donors (Lipinski definition) is 5. The zero-order valence-electron chi connectivity index (χ0n) is 41.8. The molecule has 0 spiro atoms. The highest BCUT2D eigenvalue weighted by atomic mass is 19.1. The number of hydrogen-bond acceptors (Lipinski definition) is 14. The van der Waals surface area contributed by atoms with Gasteiger partial charge in [0.15, 0.2) is 11.6 Å². The molecule has 5 N–H and O–H groups in total. The van der Waals surface area contributed by atoms with E-state index in [4.69, 9.17) is 19.2 Å². The molecular weight excluding hydrogens is 938 g/mol. The van der Waals surface area contributed by atoms with Gasteiger partial charge < -0.3 is 49.8 Å². The maximum absolute atomic E-state index is 15.3. The third-order valence-corrected chi connectivity index (χ3v) is 12.6. The van der Waals surface area contributed by atoms with E-state index in [2.05, 4.69) is 16.0 Å². The van der Waals surface area contributed by atoms with Crippen molar-refractivity contribution in [3.05, 3.63) is 80.9 Å². The summed E-state index contributed by atoms with van der Waals surface area (Å²) < 4.78 is 33.0. The summed E-state index contributed by atoms with van der Waals surface area (Å²) in [5.74, 6) is -4.70. The molecule has 3 aromatic rings. The summed E-state index contributed by atoms with van der Waals surface area (Å²) in [6, 6.07) is 2.93. The average molecular weight is 1000 g/mol.